The fraction of sp³-hybridized carbons (Fsp3) is 0.312. The van der Waals surface area contributed by atoms with Crippen LogP contribution in [0.15, 0.2) is 36.7 Å². The van der Waals surface area contributed by atoms with Crippen molar-refractivity contribution < 1.29 is 9.53 Å². The van der Waals surface area contributed by atoms with Crippen LogP contribution >= 0.6 is 0 Å². The van der Waals surface area contributed by atoms with Crippen LogP contribution in [0.5, 0.6) is 5.75 Å². The number of ether oxygens (including phenoxy) is 1. The first-order chi connectivity index (χ1) is 10.2. The first-order valence-electron chi connectivity index (χ1n) is 6.97. The predicted molar refractivity (Wildman–Crippen MR) is 80.2 cm³/mol. The molecule has 0 aliphatic carbocycles. The summed E-state index contributed by atoms with van der Waals surface area (Å²) in [4.78, 5) is 20.0. The molecule has 21 heavy (non-hydrogen) atoms. The highest BCUT2D eigenvalue weighted by Crippen LogP contribution is 2.13. The molecule has 0 fully saturated rings. The van der Waals surface area contributed by atoms with Crippen LogP contribution in [0.4, 0.5) is 0 Å². The van der Waals surface area contributed by atoms with Gasteiger partial charge in [-0.1, -0.05) is 19.1 Å². The van der Waals surface area contributed by atoms with Crippen molar-refractivity contribution in [3.63, 3.8) is 0 Å². The number of carbonyl (C=O) groups excluding carboxylic acids is 1. The summed E-state index contributed by atoms with van der Waals surface area (Å²) in [6, 6.07) is 7.71. The number of nitrogens with one attached hydrogen (secondary N) is 1. The van der Waals surface area contributed by atoms with Crippen molar-refractivity contribution in [3.05, 3.63) is 53.6 Å². The predicted octanol–water partition coefficient (Wildman–Crippen LogP) is 2.50. The quantitative estimate of drug-likeness (QED) is 0.885. The highest BCUT2D eigenvalue weighted by Gasteiger charge is 2.06. The topological polar surface area (TPSA) is 64.1 Å². The van der Waals surface area contributed by atoms with E-state index >= 15 is 0 Å². The Hall–Kier alpha value is -2.43. The molecule has 0 saturated heterocycles. The maximum Gasteiger partial charge on any atom is 0.254 e. The monoisotopic (exact) mass is 285 g/mol. The van der Waals surface area contributed by atoms with E-state index in [0.717, 1.165) is 17.7 Å². The minimum absolute atomic E-state index is 0.185. The summed E-state index contributed by atoms with van der Waals surface area (Å²) >= 11 is 0. The zero-order valence-electron chi connectivity index (χ0n) is 12.3. The highest BCUT2D eigenvalue weighted by atomic mass is 16.5. The average Bonchev–Trinajstić information content (AvgIpc) is 2.52. The molecule has 5 nitrogen and oxygen atoms in total. The molecule has 1 aromatic carbocycles. The summed E-state index contributed by atoms with van der Waals surface area (Å²) in [7, 11) is 0. The van der Waals surface area contributed by atoms with Crippen molar-refractivity contribution in [1.29, 1.82) is 0 Å². The van der Waals surface area contributed by atoms with E-state index in [2.05, 4.69) is 22.2 Å². The smallest absolute Gasteiger partial charge is 0.254 e. The summed E-state index contributed by atoms with van der Waals surface area (Å²) in [5.41, 5.74) is 1.45. The third-order valence-electron chi connectivity index (χ3n) is 2.87. The Morgan fingerprint density at radius 1 is 1.29 bits per heavy atom. The van der Waals surface area contributed by atoms with Crippen molar-refractivity contribution in [2.45, 2.75) is 26.8 Å². The van der Waals surface area contributed by atoms with E-state index in [1.54, 1.807) is 6.92 Å². The second-order valence-electron chi connectivity index (χ2n) is 4.70. The van der Waals surface area contributed by atoms with Crippen LogP contribution < -0.4 is 10.1 Å². The summed E-state index contributed by atoms with van der Waals surface area (Å²) in [5.74, 6) is 1.28. The van der Waals surface area contributed by atoms with Crippen LogP contribution in [0.3, 0.4) is 0 Å². The average molecular weight is 285 g/mol. The van der Waals surface area contributed by atoms with Crippen molar-refractivity contribution >= 4 is 5.91 Å². The number of amides is 1. The molecule has 0 bridgehead atoms. The lowest BCUT2D eigenvalue weighted by Gasteiger charge is -2.08. The van der Waals surface area contributed by atoms with E-state index in [1.807, 2.05) is 24.3 Å². The molecule has 0 atom stereocenters. The highest BCUT2D eigenvalue weighted by molar-refractivity contribution is 5.93. The molecule has 0 unspecified atom stereocenters. The van der Waals surface area contributed by atoms with E-state index in [-0.39, 0.29) is 5.91 Å². The van der Waals surface area contributed by atoms with Crippen LogP contribution in [0.25, 0.3) is 0 Å². The molecule has 1 N–H and O–H groups in total. The Labute approximate surface area is 124 Å². The SMILES string of the molecule is CCCOc1cccc(CNC(=O)c2cnc(C)nc2)c1. The molecule has 5 heteroatoms. The third-order valence-corrected chi connectivity index (χ3v) is 2.87. The third kappa shape index (κ3) is 4.56. The van der Waals surface area contributed by atoms with Crippen molar-refractivity contribution in [1.82, 2.24) is 15.3 Å². The van der Waals surface area contributed by atoms with Crippen LogP contribution in [-0.4, -0.2) is 22.5 Å². The summed E-state index contributed by atoms with van der Waals surface area (Å²) in [6.07, 6.45) is 4.02. The van der Waals surface area contributed by atoms with Gasteiger partial charge in [0.25, 0.3) is 5.91 Å². The van der Waals surface area contributed by atoms with Gasteiger partial charge in [-0.25, -0.2) is 9.97 Å². The molecule has 2 aromatic rings. The van der Waals surface area contributed by atoms with Crippen LogP contribution in [-0.2, 0) is 6.54 Å². The zero-order valence-corrected chi connectivity index (χ0v) is 12.3. The lowest BCUT2D eigenvalue weighted by atomic mass is 10.2. The van der Waals surface area contributed by atoms with Crippen LogP contribution in [0, 0.1) is 6.92 Å². The fourth-order valence-electron chi connectivity index (χ4n) is 1.76. The van der Waals surface area contributed by atoms with E-state index in [0.29, 0.717) is 24.5 Å². The molecule has 0 saturated carbocycles. The van der Waals surface area contributed by atoms with Gasteiger partial charge < -0.3 is 10.1 Å². The number of nitrogens with zero attached hydrogens (tertiary/aromatic N) is 2. The Morgan fingerprint density at radius 2 is 2.05 bits per heavy atom. The lowest BCUT2D eigenvalue weighted by molar-refractivity contribution is 0.0950. The van der Waals surface area contributed by atoms with Crippen molar-refractivity contribution in [2.24, 2.45) is 0 Å². The number of aryl methyl sites for hydroxylation is 1. The fourth-order valence-corrected chi connectivity index (χ4v) is 1.76. The molecular formula is C16H19N3O2. The molecule has 1 aromatic heterocycles. The van der Waals surface area contributed by atoms with E-state index in [1.165, 1.54) is 12.4 Å². The molecule has 2 rings (SSSR count). The van der Waals surface area contributed by atoms with Gasteiger partial charge in [0.05, 0.1) is 12.2 Å². The minimum Gasteiger partial charge on any atom is -0.494 e. The second-order valence-corrected chi connectivity index (χ2v) is 4.70. The van der Waals surface area contributed by atoms with E-state index < -0.39 is 0 Å². The Balaban J connectivity index is 1.93. The lowest BCUT2D eigenvalue weighted by Crippen LogP contribution is -2.23. The minimum atomic E-state index is -0.185. The van der Waals surface area contributed by atoms with Gasteiger partial charge >= 0.3 is 0 Å². The molecule has 1 heterocycles. The van der Waals surface area contributed by atoms with Crippen molar-refractivity contribution in [3.8, 4) is 5.75 Å². The number of aromatic nitrogens is 2. The van der Waals surface area contributed by atoms with E-state index in [9.17, 15) is 4.79 Å². The Bertz CT molecular complexity index is 597. The Morgan fingerprint density at radius 3 is 2.76 bits per heavy atom. The number of carbonyl (C=O) groups is 1. The van der Waals surface area contributed by atoms with Gasteiger partial charge in [0.1, 0.15) is 11.6 Å². The molecule has 1 amide bonds. The second kappa shape index (κ2) is 7.38. The normalized spacial score (nSPS) is 10.2. The molecule has 0 spiro atoms. The number of hydrogen-bond acceptors (Lipinski definition) is 4. The van der Waals surface area contributed by atoms with E-state index in [4.69, 9.17) is 4.74 Å². The molecule has 0 aliphatic heterocycles. The van der Waals surface area contributed by atoms with Gasteiger partial charge in [-0.15, -0.1) is 0 Å². The van der Waals surface area contributed by atoms with Crippen LogP contribution in [0.1, 0.15) is 35.1 Å². The number of rotatable bonds is 6. The Kier molecular flexibility index (Phi) is 5.26. The first kappa shape index (κ1) is 15.0. The van der Waals surface area contributed by atoms with Gasteiger partial charge in [0.15, 0.2) is 0 Å². The first-order valence-corrected chi connectivity index (χ1v) is 6.97. The largest absolute Gasteiger partial charge is 0.494 e. The molecule has 0 aliphatic rings. The summed E-state index contributed by atoms with van der Waals surface area (Å²) < 4.78 is 5.57. The van der Waals surface area contributed by atoms with Gasteiger partial charge in [-0.2, -0.15) is 0 Å². The molecule has 110 valence electrons. The molecule has 0 radical (unpaired) electrons. The summed E-state index contributed by atoms with van der Waals surface area (Å²) in [5, 5.41) is 2.84. The summed E-state index contributed by atoms with van der Waals surface area (Å²) in [6.45, 7) is 4.98. The van der Waals surface area contributed by atoms with Gasteiger partial charge in [0.2, 0.25) is 0 Å². The van der Waals surface area contributed by atoms with Crippen LogP contribution in [0.2, 0.25) is 0 Å². The number of hydrogen-bond donors (Lipinski definition) is 1. The van der Waals surface area contributed by atoms with Gasteiger partial charge in [-0.05, 0) is 31.0 Å². The standard InChI is InChI=1S/C16H19N3O2/c1-3-7-21-15-6-4-5-13(8-15)9-19-16(20)14-10-17-12(2)18-11-14/h4-6,8,10-11H,3,7,9H2,1-2H3,(H,19,20). The maximum atomic E-state index is 12.0. The maximum absolute atomic E-state index is 12.0. The molecular weight excluding hydrogens is 266 g/mol. The zero-order chi connectivity index (χ0) is 15.1. The van der Waals surface area contributed by atoms with Gasteiger partial charge in [0, 0.05) is 18.9 Å². The van der Waals surface area contributed by atoms with Crippen molar-refractivity contribution in [2.75, 3.05) is 6.61 Å². The number of benzene rings is 1. The van der Waals surface area contributed by atoms with Gasteiger partial charge in [-0.3, -0.25) is 4.79 Å².